The van der Waals surface area contributed by atoms with Crippen molar-refractivity contribution in [3.05, 3.63) is 234 Å². The Morgan fingerprint density at radius 2 is 0.609 bits per heavy atom. The molecule has 0 atom stereocenters. The minimum absolute atomic E-state index is 0.397. The molecular formula is C89H106N3+3. The van der Waals surface area contributed by atoms with Crippen molar-refractivity contribution in [3.8, 4) is 67.2 Å². The average molecular weight is 1220 g/mol. The number of nitrogens with zero attached hydrogens (tertiary/aromatic N) is 3. The number of hydrogen-bond acceptors (Lipinski definition) is 0. The molecule has 0 radical (unpaired) electrons. The molecule has 6 saturated carbocycles. The zero-order chi connectivity index (χ0) is 64.9. The molecule has 474 valence electrons. The van der Waals surface area contributed by atoms with Crippen LogP contribution in [0, 0.1) is 43.4 Å². The van der Waals surface area contributed by atoms with Crippen LogP contribution in [0.4, 0.5) is 0 Å². The monoisotopic (exact) mass is 1220 g/mol. The van der Waals surface area contributed by atoms with E-state index in [4.69, 9.17) is 1.37 Å². The first-order valence-electron chi connectivity index (χ1n) is 37.1. The van der Waals surface area contributed by atoms with Crippen molar-refractivity contribution in [2.75, 3.05) is 0 Å². The molecule has 6 aliphatic carbocycles. The predicted molar refractivity (Wildman–Crippen MR) is 385 cm³/mol. The van der Waals surface area contributed by atoms with E-state index in [1.807, 2.05) is 0 Å². The van der Waals surface area contributed by atoms with Gasteiger partial charge >= 0.3 is 0 Å². The standard InChI is InChI=1S/C31H38N.2C29H34N/c1-23-8-6-7-11-30(23)31-21-20-29(22-32(31)2)28-18-16-27(17-19-28)26-14-12-25(13-15-26)24-9-4-3-5-10-24;2*1-22-7-3-4-8-27(22)28-14-13-26(21-30(28)2)24-11-9-23(10-12-24)25-15-19-29(20-16-25)17-5-6-18-29/h6-8,11,16-22,24-26H,3-5,9-10,12-15H2,1-2H3;2*3-4,7-14,21,25H,5-6,15-20H2,1-2H3/q3*+1/i26D;25D;. The van der Waals surface area contributed by atoms with Crippen molar-refractivity contribution in [3.63, 3.8) is 0 Å². The lowest BCUT2D eigenvalue weighted by molar-refractivity contribution is -0.660. The molecular weight excluding hydrogens is 1110 g/mol. The third-order valence-corrected chi connectivity index (χ3v) is 23.9. The van der Waals surface area contributed by atoms with E-state index >= 15 is 0 Å². The number of rotatable bonds is 10. The number of aromatic nitrogens is 3. The van der Waals surface area contributed by atoms with Crippen LogP contribution in [0.2, 0.25) is 0 Å². The van der Waals surface area contributed by atoms with Crippen LogP contribution in [0.1, 0.15) is 214 Å². The lowest BCUT2D eigenvalue weighted by Crippen LogP contribution is -2.30. The van der Waals surface area contributed by atoms with Gasteiger partial charge in [0.2, 0.25) is 17.1 Å². The van der Waals surface area contributed by atoms with E-state index in [-0.39, 0.29) is 0 Å². The second-order valence-corrected chi connectivity index (χ2v) is 29.6. The molecule has 0 aliphatic heterocycles. The van der Waals surface area contributed by atoms with Gasteiger partial charge in [-0.3, -0.25) is 0 Å². The van der Waals surface area contributed by atoms with Crippen molar-refractivity contribution >= 4 is 0 Å². The highest BCUT2D eigenvalue weighted by Gasteiger charge is 2.39. The molecule has 3 nitrogen and oxygen atoms in total. The quantitative estimate of drug-likeness (QED) is 0.121. The third kappa shape index (κ3) is 14.6. The molecule has 0 saturated heterocycles. The molecule has 2 spiro atoms. The summed E-state index contributed by atoms with van der Waals surface area (Å²) < 4.78 is 25.1. The van der Waals surface area contributed by atoms with Crippen LogP contribution in [0.5, 0.6) is 0 Å². The smallest absolute Gasteiger partial charge is 0.200 e. The summed E-state index contributed by atoms with van der Waals surface area (Å²) in [5, 5.41) is 0. The maximum Gasteiger partial charge on any atom is 0.212 e. The molecule has 3 aromatic heterocycles. The fourth-order valence-corrected chi connectivity index (χ4v) is 18.0. The molecule has 9 aromatic rings. The molecule has 15 rings (SSSR count). The van der Waals surface area contributed by atoms with Crippen molar-refractivity contribution < 1.29 is 16.4 Å². The van der Waals surface area contributed by atoms with E-state index in [1.165, 1.54) is 230 Å². The van der Waals surface area contributed by atoms with Crippen molar-refractivity contribution in [1.29, 1.82) is 0 Å². The molecule has 0 amide bonds. The van der Waals surface area contributed by atoms with Gasteiger partial charge < -0.3 is 0 Å². The zero-order valence-corrected chi connectivity index (χ0v) is 56.8. The van der Waals surface area contributed by atoms with Crippen LogP contribution in [-0.2, 0) is 21.1 Å². The second-order valence-electron chi connectivity index (χ2n) is 29.6. The number of pyridine rings is 3. The molecule has 6 aromatic carbocycles. The Balaban J connectivity index is 0.000000128. The largest absolute Gasteiger partial charge is 0.212 e. The molecule has 6 aliphatic rings. The highest BCUT2D eigenvalue weighted by molar-refractivity contribution is 5.69. The van der Waals surface area contributed by atoms with Crippen LogP contribution >= 0.6 is 0 Å². The van der Waals surface area contributed by atoms with E-state index in [2.05, 4.69) is 256 Å². The van der Waals surface area contributed by atoms with Gasteiger partial charge in [-0.25, -0.2) is 13.7 Å². The van der Waals surface area contributed by atoms with E-state index in [0.717, 1.165) is 48.9 Å². The SMILES string of the molecule is Cc1ccccc1-c1ccc(-c2ccc(C3CCC4(CCCC4)CC3)cc2)c[n+]1C.[2H]C1(c2ccc(-c3ccc(-c4ccccc4C)[n+](C)c3)cc2)CCC(C2CCCCC2)CC1.[2H]C1(c2ccc(-c3ccc(-c4ccccc4C)[n+](C)c3)cc2)CCC2(CCCC2)CC1. The Hall–Kier alpha value is -7.23. The Morgan fingerprint density at radius 1 is 0.293 bits per heavy atom. The summed E-state index contributed by atoms with van der Waals surface area (Å²) in [5.41, 5.74) is 24.2. The predicted octanol–water partition coefficient (Wildman–Crippen LogP) is 22.8. The molecule has 3 heteroatoms. The van der Waals surface area contributed by atoms with Gasteiger partial charge in [0.15, 0.2) is 18.6 Å². The maximum atomic E-state index is 9.21. The van der Waals surface area contributed by atoms with Gasteiger partial charge in [0.05, 0.1) is 0 Å². The lowest BCUT2D eigenvalue weighted by Gasteiger charge is -2.37. The normalized spacial score (nSPS) is 22.4. The summed E-state index contributed by atoms with van der Waals surface area (Å²) in [7, 11) is 6.41. The zero-order valence-electron chi connectivity index (χ0n) is 58.8. The van der Waals surface area contributed by atoms with Crippen LogP contribution in [-0.4, -0.2) is 0 Å². The summed E-state index contributed by atoms with van der Waals surface area (Å²) >= 11 is 0. The van der Waals surface area contributed by atoms with Gasteiger partial charge in [-0.2, -0.15) is 0 Å². The maximum absolute atomic E-state index is 9.21. The number of hydrogen-bond donors (Lipinski definition) is 0. The van der Waals surface area contributed by atoms with Gasteiger partial charge in [-0.1, -0.05) is 185 Å². The lowest BCUT2D eigenvalue weighted by atomic mass is 9.68. The van der Waals surface area contributed by atoms with Crippen LogP contribution in [0.3, 0.4) is 0 Å². The summed E-state index contributed by atoms with van der Waals surface area (Å²) in [5.74, 6) is 1.78. The molecule has 0 N–H and O–H groups in total. The molecule has 6 fully saturated rings. The van der Waals surface area contributed by atoms with Crippen LogP contribution in [0.25, 0.3) is 67.2 Å². The third-order valence-electron chi connectivity index (χ3n) is 23.9. The fourth-order valence-electron chi connectivity index (χ4n) is 18.0. The van der Waals surface area contributed by atoms with Gasteiger partial charge in [0.1, 0.15) is 21.1 Å². The van der Waals surface area contributed by atoms with Gasteiger partial charge in [-0.15, -0.1) is 0 Å². The molecule has 0 bridgehead atoms. The van der Waals surface area contributed by atoms with Gasteiger partial charge in [0.25, 0.3) is 0 Å². The Kier molecular flexibility index (Phi) is 19.2. The Bertz CT molecular complexity index is 4000. The first-order valence-corrected chi connectivity index (χ1v) is 36.1. The van der Waals surface area contributed by atoms with E-state index in [1.54, 1.807) is 5.56 Å². The van der Waals surface area contributed by atoms with Gasteiger partial charge in [-0.05, 0) is 250 Å². The summed E-state index contributed by atoms with van der Waals surface area (Å²) in [4.78, 5) is 0. The van der Waals surface area contributed by atoms with Crippen molar-refractivity contribution in [2.24, 2.45) is 43.8 Å². The Labute approximate surface area is 557 Å². The topological polar surface area (TPSA) is 11.6 Å². The van der Waals surface area contributed by atoms with Crippen molar-refractivity contribution in [2.45, 2.75) is 199 Å². The van der Waals surface area contributed by atoms with E-state index < -0.39 is 11.8 Å². The van der Waals surface area contributed by atoms with Crippen LogP contribution in [0.15, 0.2) is 201 Å². The van der Waals surface area contributed by atoms with E-state index in [0.29, 0.717) is 5.41 Å². The Morgan fingerprint density at radius 3 is 0.967 bits per heavy atom. The minimum atomic E-state index is -0.400. The minimum Gasteiger partial charge on any atom is -0.200 e. The van der Waals surface area contributed by atoms with Gasteiger partial charge in [0, 0.05) is 54.3 Å². The molecule has 0 unspecified atom stereocenters. The van der Waals surface area contributed by atoms with E-state index in [9.17, 15) is 1.37 Å². The first kappa shape index (κ1) is 61.0. The van der Waals surface area contributed by atoms with Crippen LogP contribution < -0.4 is 13.7 Å². The number of benzene rings is 6. The molecule has 3 heterocycles. The van der Waals surface area contributed by atoms with Crippen molar-refractivity contribution in [1.82, 2.24) is 0 Å². The number of aryl methyl sites for hydroxylation is 6. The second kappa shape index (κ2) is 29.0. The fraction of sp³-hybridized carbons (Fsp3) is 0.427. The highest BCUT2D eigenvalue weighted by atomic mass is 14.9. The summed E-state index contributed by atoms with van der Waals surface area (Å²) in [6.45, 7) is 6.52. The average Bonchev–Trinajstić information content (AvgIpc) is 1.23. The highest BCUT2D eigenvalue weighted by Crippen LogP contribution is 2.54. The molecule has 92 heavy (non-hydrogen) atoms. The summed E-state index contributed by atoms with van der Waals surface area (Å²) in [6.07, 6.45) is 40.2. The summed E-state index contributed by atoms with van der Waals surface area (Å²) in [6, 6.07) is 66.3. The first-order chi connectivity index (χ1) is 45.6.